The summed E-state index contributed by atoms with van der Waals surface area (Å²) in [5, 5.41) is 7.80. The first kappa shape index (κ1) is 14.0. The molecule has 0 bridgehead atoms. The standard InChI is InChI=1S/C12H17N3O3/c1-13-11(16)9-3-5-10(6-4-9)15-12(17)14-7-8-18-2/h3-6H,7-8H2,1-2H3,(H,13,16)(H2,14,15,17). The minimum Gasteiger partial charge on any atom is -0.383 e. The van der Waals surface area contributed by atoms with E-state index in [9.17, 15) is 9.59 Å². The van der Waals surface area contributed by atoms with E-state index in [1.165, 1.54) is 0 Å². The maximum Gasteiger partial charge on any atom is 0.319 e. The monoisotopic (exact) mass is 251 g/mol. The van der Waals surface area contributed by atoms with Gasteiger partial charge in [-0.25, -0.2) is 4.79 Å². The summed E-state index contributed by atoms with van der Waals surface area (Å²) in [5.74, 6) is -0.161. The van der Waals surface area contributed by atoms with Crippen molar-refractivity contribution in [3.63, 3.8) is 0 Å². The molecule has 0 saturated carbocycles. The predicted octanol–water partition coefficient (Wildman–Crippen LogP) is 0.814. The third-order valence-corrected chi connectivity index (χ3v) is 2.22. The molecule has 0 aromatic heterocycles. The number of hydrogen-bond donors (Lipinski definition) is 3. The molecule has 98 valence electrons. The summed E-state index contributed by atoms with van der Waals surface area (Å²) in [4.78, 5) is 22.7. The average molecular weight is 251 g/mol. The molecule has 0 atom stereocenters. The van der Waals surface area contributed by atoms with Crippen molar-refractivity contribution in [1.82, 2.24) is 10.6 Å². The lowest BCUT2D eigenvalue weighted by Gasteiger charge is -2.07. The van der Waals surface area contributed by atoms with E-state index in [-0.39, 0.29) is 11.9 Å². The van der Waals surface area contributed by atoms with Crippen LogP contribution in [0.3, 0.4) is 0 Å². The number of hydrogen-bond acceptors (Lipinski definition) is 3. The number of benzene rings is 1. The fraction of sp³-hybridized carbons (Fsp3) is 0.333. The van der Waals surface area contributed by atoms with Crippen LogP contribution in [0.2, 0.25) is 0 Å². The highest BCUT2D eigenvalue weighted by Crippen LogP contribution is 2.09. The second-order valence-corrected chi connectivity index (χ2v) is 3.53. The predicted molar refractivity (Wildman–Crippen MR) is 68.7 cm³/mol. The number of carbonyl (C=O) groups excluding carboxylic acids is 2. The lowest BCUT2D eigenvalue weighted by atomic mass is 10.2. The summed E-state index contributed by atoms with van der Waals surface area (Å²) in [6.07, 6.45) is 0. The van der Waals surface area contributed by atoms with Gasteiger partial charge in [-0.15, -0.1) is 0 Å². The van der Waals surface area contributed by atoms with Crippen molar-refractivity contribution in [2.24, 2.45) is 0 Å². The maximum atomic E-state index is 11.4. The van der Waals surface area contributed by atoms with Gasteiger partial charge in [0.25, 0.3) is 5.91 Å². The Balaban J connectivity index is 2.48. The van der Waals surface area contributed by atoms with Gasteiger partial charge in [0.2, 0.25) is 0 Å². The summed E-state index contributed by atoms with van der Waals surface area (Å²) in [7, 11) is 3.13. The zero-order valence-electron chi connectivity index (χ0n) is 10.4. The van der Waals surface area contributed by atoms with Gasteiger partial charge in [0.05, 0.1) is 6.61 Å². The third-order valence-electron chi connectivity index (χ3n) is 2.22. The van der Waals surface area contributed by atoms with Crippen LogP contribution in [-0.4, -0.2) is 39.2 Å². The SMILES string of the molecule is CNC(=O)c1ccc(NC(=O)NCCOC)cc1. The second kappa shape index (κ2) is 7.29. The number of anilines is 1. The topological polar surface area (TPSA) is 79.5 Å². The third kappa shape index (κ3) is 4.42. The Morgan fingerprint density at radius 1 is 1.22 bits per heavy atom. The number of nitrogens with one attached hydrogen (secondary N) is 3. The molecule has 6 heteroatoms. The summed E-state index contributed by atoms with van der Waals surface area (Å²) in [6, 6.07) is 6.31. The number of amides is 3. The summed E-state index contributed by atoms with van der Waals surface area (Å²) >= 11 is 0. The summed E-state index contributed by atoms with van der Waals surface area (Å²) < 4.78 is 4.81. The van der Waals surface area contributed by atoms with Crippen LogP contribution in [0.4, 0.5) is 10.5 Å². The molecular weight excluding hydrogens is 234 g/mol. The first-order chi connectivity index (χ1) is 8.67. The Morgan fingerprint density at radius 2 is 1.89 bits per heavy atom. The van der Waals surface area contributed by atoms with Crippen molar-refractivity contribution in [3.05, 3.63) is 29.8 Å². The number of carbonyl (C=O) groups is 2. The lowest BCUT2D eigenvalue weighted by Crippen LogP contribution is -2.31. The second-order valence-electron chi connectivity index (χ2n) is 3.53. The van der Waals surface area contributed by atoms with Crippen LogP contribution in [0, 0.1) is 0 Å². The average Bonchev–Trinajstić information content (AvgIpc) is 2.39. The molecule has 18 heavy (non-hydrogen) atoms. The van der Waals surface area contributed by atoms with Crippen molar-refractivity contribution in [3.8, 4) is 0 Å². The molecule has 3 N–H and O–H groups in total. The van der Waals surface area contributed by atoms with E-state index in [1.807, 2.05) is 0 Å². The molecule has 0 unspecified atom stereocenters. The van der Waals surface area contributed by atoms with Gasteiger partial charge < -0.3 is 20.7 Å². The van der Waals surface area contributed by atoms with Crippen LogP contribution in [0.5, 0.6) is 0 Å². The molecule has 0 radical (unpaired) electrons. The first-order valence-corrected chi connectivity index (χ1v) is 5.53. The van der Waals surface area contributed by atoms with Crippen molar-refractivity contribution >= 4 is 17.6 Å². The van der Waals surface area contributed by atoms with Gasteiger partial charge >= 0.3 is 6.03 Å². The summed E-state index contributed by atoms with van der Waals surface area (Å²) in [6.45, 7) is 0.904. The first-order valence-electron chi connectivity index (χ1n) is 5.53. The largest absolute Gasteiger partial charge is 0.383 e. The van der Waals surface area contributed by atoms with Gasteiger partial charge in [0, 0.05) is 32.0 Å². The van der Waals surface area contributed by atoms with Crippen LogP contribution in [0.25, 0.3) is 0 Å². The molecule has 6 nitrogen and oxygen atoms in total. The molecule has 0 aliphatic rings. The van der Waals surface area contributed by atoms with Crippen molar-refractivity contribution in [2.75, 3.05) is 32.6 Å². The Labute approximate surface area is 106 Å². The normalized spacial score (nSPS) is 9.67. The van der Waals surface area contributed by atoms with Gasteiger partial charge in [-0.2, -0.15) is 0 Å². The van der Waals surface area contributed by atoms with Gasteiger partial charge in [0.1, 0.15) is 0 Å². The zero-order chi connectivity index (χ0) is 13.4. The van der Waals surface area contributed by atoms with Crippen LogP contribution < -0.4 is 16.0 Å². The van der Waals surface area contributed by atoms with Crippen LogP contribution in [0.1, 0.15) is 10.4 Å². The Kier molecular flexibility index (Phi) is 5.66. The van der Waals surface area contributed by atoms with Crippen LogP contribution in [0.15, 0.2) is 24.3 Å². The maximum absolute atomic E-state index is 11.4. The molecule has 0 aliphatic carbocycles. The fourth-order valence-corrected chi connectivity index (χ4v) is 1.29. The van der Waals surface area contributed by atoms with E-state index in [0.29, 0.717) is 24.4 Å². The Hall–Kier alpha value is -2.08. The molecule has 0 spiro atoms. The highest BCUT2D eigenvalue weighted by Gasteiger charge is 2.04. The molecular formula is C12H17N3O3. The van der Waals surface area contributed by atoms with Crippen molar-refractivity contribution < 1.29 is 14.3 Å². The van der Waals surface area contributed by atoms with Gasteiger partial charge in [-0.3, -0.25) is 4.79 Å². The highest BCUT2D eigenvalue weighted by molar-refractivity contribution is 5.95. The Bertz CT molecular complexity index is 404. The van der Waals surface area contributed by atoms with E-state index in [4.69, 9.17) is 4.74 Å². The highest BCUT2D eigenvalue weighted by atomic mass is 16.5. The molecule has 0 heterocycles. The number of ether oxygens (including phenoxy) is 1. The van der Waals surface area contributed by atoms with Gasteiger partial charge in [0.15, 0.2) is 0 Å². The van der Waals surface area contributed by atoms with E-state index in [0.717, 1.165) is 0 Å². The molecule has 3 amide bonds. The number of methoxy groups -OCH3 is 1. The smallest absolute Gasteiger partial charge is 0.319 e. The zero-order valence-corrected chi connectivity index (χ0v) is 10.4. The van der Waals surface area contributed by atoms with Crippen molar-refractivity contribution in [1.29, 1.82) is 0 Å². The Morgan fingerprint density at radius 3 is 2.44 bits per heavy atom. The number of urea groups is 1. The van der Waals surface area contributed by atoms with Gasteiger partial charge in [-0.05, 0) is 24.3 Å². The minimum atomic E-state index is -0.306. The van der Waals surface area contributed by atoms with E-state index in [2.05, 4.69) is 16.0 Å². The molecule has 1 aromatic rings. The van der Waals surface area contributed by atoms with Crippen molar-refractivity contribution in [2.45, 2.75) is 0 Å². The van der Waals surface area contributed by atoms with E-state index in [1.54, 1.807) is 38.4 Å². The quantitative estimate of drug-likeness (QED) is 0.678. The van der Waals surface area contributed by atoms with Crippen LogP contribution in [-0.2, 0) is 4.74 Å². The molecule has 1 rings (SSSR count). The molecule has 0 aliphatic heterocycles. The lowest BCUT2D eigenvalue weighted by molar-refractivity contribution is 0.0963. The molecule has 1 aromatic carbocycles. The summed E-state index contributed by atoms with van der Waals surface area (Å²) in [5.41, 5.74) is 1.17. The fourth-order valence-electron chi connectivity index (χ4n) is 1.29. The van der Waals surface area contributed by atoms with E-state index < -0.39 is 0 Å². The molecule has 0 fully saturated rings. The number of rotatable bonds is 5. The van der Waals surface area contributed by atoms with Crippen LogP contribution >= 0.6 is 0 Å². The minimum absolute atomic E-state index is 0.161. The molecule has 0 saturated heterocycles. The van der Waals surface area contributed by atoms with E-state index >= 15 is 0 Å². The van der Waals surface area contributed by atoms with Gasteiger partial charge in [-0.1, -0.05) is 0 Å².